The number of rotatable bonds is 12. The number of carboxylic acid groups (broad SMARTS) is 1. The van der Waals surface area contributed by atoms with Gasteiger partial charge in [-0.05, 0) is 69.4 Å². The zero-order valence-electron chi connectivity index (χ0n) is 22.3. The smallest absolute Gasteiger partial charge is 0.417 e. The molecule has 0 aliphatic carbocycles. The van der Waals surface area contributed by atoms with Gasteiger partial charge >= 0.3 is 12.1 Å². The summed E-state index contributed by atoms with van der Waals surface area (Å²) in [5, 5.41) is 9.65. The molecule has 0 aliphatic heterocycles. The summed E-state index contributed by atoms with van der Waals surface area (Å²) in [6.45, 7) is 1.33. The van der Waals surface area contributed by atoms with E-state index >= 15 is 0 Å². The fourth-order valence-corrected chi connectivity index (χ4v) is 5.69. The van der Waals surface area contributed by atoms with Crippen LogP contribution >= 0.6 is 39.1 Å². The quantitative estimate of drug-likeness (QED) is 0.151. The summed E-state index contributed by atoms with van der Waals surface area (Å²) < 4.78 is 47.1. The second-order valence-electron chi connectivity index (χ2n) is 9.65. The van der Waals surface area contributed by atoms with Crippen molar-refractivity contribution >= 4 is 45.1 Å². The molecule has 220 valence electrons. The van der Waals surface area contributed by atoms with Crippen molar-refractivity contribution in [3.8, 4) is 5.75 Å². The van der Waals surface area contributed by atoms with Crippen LogP contribution in [0.5, 0.6) is 5.75 Å². The fourth-order valence-electron chi connectivity index (χ4n) is 4.72. The third kappa shape index (κ3) is 8.28. The van der Waals surface area contributed by atoms with Crippen molar-refractivity contribution in [3.05, 3.63) is 133 Å². The third-order valence-corrected chi connectivity index (χ3v) is 8.24. The number of aromatic carboxylic acids is 1. The van der Waals surface area contributed by atoms with Crippen LogP contribution in [0, 0.1) is 0 Å². The highest BCUT2D eigenvalue weighted by Crippen LogP contribution is 2.37. The Labute approximate surface area is 260 Å². The Kier molecular flexibility index (Phi) is 11.0. The Bertz CT molecular complexity index is 1520. The molecule has 0 saturated heterocycles. The molecular formula is C32H27BrCl2F3NO3. The predicted octanol–water partition coefficient (Wildman–Crippen LogP) is 9.58. The number of alkyl halides is 3. The summed E-state index contributed by atoms with van der Waals surface area (Å²) in [6, 6.07) is 26.0. The first-order valence-electron chi connectivity index (χ1n) is 13.1. The molecular weight excluding hydrogens is 654 g/mol. The SMILES string of the molecule is O=C(O)c1cc(OCCCN(Cc2cccc(C(F)(F)F)c2Cl)CC(c2ccccc2)c2ccccc2Cl)ccc1Br. The van der Waals surface area contributed by atoms with Crippen molar-refractivity contribution < 1.29 is 27.8 Å². The maximum Gasteiger partial charge on any atom is 0.417 e. The molecule has 4 aromatic carbocycles. The van der Waals surface area contributed by atoms with Gasteiger partial charge in [-0.15, -0.1) is 0 Å². The highest BCUT2D eigenvalue weighted by molar-refractivity contribution is 9.10. The molecule has 10 heteroatoms. The molecule has 1 N–H and O–H groups in total. The summed E-state index contributed by atoms with van der Waals surface area (Å²) in [5.41, 5.74) is 1.48. The topological polar surface area (TPSA) is 49.8 Å². The maximum atomic E-state index is 13.6. The van der Waals surface area contributed by atoms with E-state index in [1.54, 1.807) is 18.2 Å². The van der Waals surface area contributed by atoms with Gasteiger partial charge in [0.05, 0.1) is 22.8 Å². The number of halogens is 6. The summed E-state index contributed by atoms with van der Waals surface area (Å²) in [6.07, 6.45) is -4.06. The van der Waals surface area contributed by atoms with Crippen molar-refractivity contribution in [2.75, 3.05) is 19.7 Å². The largest absolute Gasteiger partial charge is 0.494 e. The third-order valence-electron chi connectivity index (χ3n) is 6.76. The minimum absolute atomic E-state index is 0.0822. The molecule has 42 heavy (non-hydrogen) atoms. The molecule has 4 aromatic rings. The first kappa shape index (κ1) is 31.9. The molecule has 0 saturated carbocycles. The van der Waals surface area contributed by atoms with E-state index < -0.39 is 17.7 Å². The molecule has 0 radical (unpaired) electrons. The minimum Gasteiger partial charge on any atom is -0.494 e. The van der Waals surface area contributed by atoms with Gasteiger partial charge in [0.25, 0.3) is 0 Å². The molecule has 0 amide bonds. The summed E-state index contributed by atoms with van der Waals surface area (Å²) in [5.74, 6) is -0.848. The Morgan fingerprint density at radius 3 is 2.36 bits per heavy atom. The van der Waals surface area contributed by atoms with Gasteiger partial charge in [-0.25, -0.2) is 4.79 Å². The standard InChI is InChI=1S/C32H27BrCl2F3NO3/c33-28-15-14-23(18-25(28)31(40)41)42-17-7-16-39(19-22-10-6-12-27(30(22)35)32(36,37)38)20-26(21-8-2-1-3-9-21)24-11-4-5-13-29(24)34/h1-6,8-15,18,26H,7,16-17,19-20H2,(H,40,41). The van der Waals surface area contributed by atoms with E-state index in [2.05, 4.69) is 15.9 Å². The van der Waals surface area contributed by atoms with Crippen LogP contribution in [0.2, 0.25) is 10.0 Å². The second kappa shape index (κ2) is 14.4. The number of hydrogen-bond acceptors (Lipinski definition) is 3. The van der Waals surface area contributed by atoms with E-state index in [1.165, 1.54) is 12.1 Å². The van der Waals surface area contributed by atoms with E-state index in [0.29, 0.717) is 40.3 Å². The first-order valence-corrected chi connectivity index (χ1v) is 14.6. The number of hydrogen-bond donors (Lipinski definition) is 1. The van der Waals surface area contributed by atoms with Crippen LogP contribution in [-0.2, 0) is 12.7 Å². The van der Waals surface area contributed by atoms with Crippen LogP contribution in [0.1, 0.15) is 45.0 Å². The van der Waals surface area contributed by atoms with Crippen molar-refractivity contribution in [2.24, 2.45) is 0 Å². The highest BCUT2D eigenvalue weighted by atomic mass is 79.9. The lowest BCUT2D eigenvalue weighted by atomic mass is 9.90. The van der Waals surface area contributed by atoms with E-state index in [0.717, 1.165) is 17.2 Å². The van der Waals surface area contributed by atoms with Crippen molar-refractivity contribution in [1.82, 2.24) is 4.90 Å². The molecule has 0 spiro atoms. The number of carboxylic acids is 1. The monoisotopic (exact) mass is 679 g/mol. The van der Waals surface area contributed by atoms with Gasteiger partial charge < -0.3 is 9.84 Å². The molecule has 4 nitrogen and oxygen atoms in total. The number of carbonyl (C=O) groups is 1. The summed E-state index contributed by atoms with van der Waals surface area (Å²) >= 11 is 16.1. The van der Waals surface area contributed by atoms with E-state index in [-0.39, 0.29) is 29.7 Å². The van der Waals surface area contributed by atoms with Crippen molar-refractivity contribution in [3.63, 3.8) is 0 Å². The van der Waals surface area contributed by atoms with Crippen LogP contribution in [0.15, 0.2) is 95.5 Å². The predicted molar refractivity (Wildman–Crippen MR) is 163 cm³/mol. The fraction of sp³-hybridized carbons (Fsp3) is 0.219. The Morgan fingerprint density at radius 2 is 1.67 bits per heavy atom. The lowest BCUT2D eigenvalue weighted by Gasteiger charge is -2.29. The van der Waals surface area contributed by atoms with Gasteiger partial charge in [-0.3, -0.25) is 4.90 Å². The van der Waals surface area contributed by atoms with Crippen LogP contribution in [0.3, 0.4) is 0 Å². The second-order valence-corrected chi connectivity index (χ2v) is 11.3. The average Bonchev–Trinajstić information content (AvgIpc) is 2.95. The minimum atomic E-state index is -4.57. The Hall–Kier alpha value is -3.04. The maximum absolute atomic E-state index is 13.6. The van der Waals surface area contributed by atoms with E-state index in [1.807, 2.05) is 59.5 Å². The average molecular weight is 681 g/mol. The van der Waals surface area contributed by atoms with Crippen molar-refractivity contribution in [1.29, 1.82) is 0 Å². The molecule has 4 rings (SSSR count). The number of nitrogens with zero attached hydrogens (tertiary/aromatic N) is 1. The molecule has 0 fully saturated rings. The molecule has 0 bridgehead atoms. The summed E-state index contributed by atoms with van der Waals surface area (Å²) in [7, 11) is 0. The van der Waals surface area contributed by atoms with Crippen LogP contribution < -0.4 is 4.74 Å². The highest BCUT2D eigenvalue weighted by Gasteiger charge is 2.34. The zero-order chi connectivity index (χ0) is 30.3. The lowest BCUT2D eigenvalue weighted by molar-refractivity contribution is -0.137. The van der Waals surface area contributed by atoms with Crippen LogP contribution in [0.25, 0.3) is 0 Å². The molecule has 1 atom stereocenters. The zero-order valence-corrected chi connectivity index (χ0v) is 25.3. The van der Waals surface area contributed by atoms with E-state index in [9.17, 15) is 23.1 Å². The van der Waals surface area contributed by atoms with Crippen LogP contribution in [-0.4, -0.2) is 35.7 Å². The molecule has 0 aromatic heterocycles. The van der Waals surface area contributed by atoms with Gasteiger partial charge in [-0.1, -0.05) is 83.9 Å². The number of ether oxygens (including phenoxy) is 1. The first-order chi connectivity index (χ1) is 20.0. The summed E-state index contributed by atoms with van der Waals surface area (Å²) in [4.78, 5) is 13.5. The molecule has 0 aliphatic rings. The van der Waals surface area contributed by atoms with Gasteiger partial charge in [0, 0.05) is 35.0 Å². The molecule has 1 unspecified atom stereocenters. The Balaban J connectivity index is 1.59. The van der Waals surface area contributed by atoms with Crippen molar-refractivity contribution in [2.45, 2.75) is 25.1 Å². The van der Waals surface area contributed by atoms with Crippen LogP contribution in [0.4, 0.5) is 13.2 Å². The van der Waals surface area contributed by atoms with Gasteiger partial charge in [0.1, 0.15) is 5.75 Å². The van der Waals surface area contributed by atoms with Gasteiger partial charge in [0.2, 0.25) is 0 Å². The molecule has 0 heterocycles. The lowest BCUT2D eigenvalue weighted by Crippen LogP contribution is -2.31. The van der Waals surface area contributed by atoms with Gasteiger partial charge in [0.15, 0.2) is 0 Å². The van der Waals surface area contributed by atoms with Gasteiger partial charge in [-0.2, -0.15) is 13.2 Å². The Morgan fingerprint density at radius 1 is 0.952 bits per heavy atom. The van der Waals surface area contributed by atoms with E-state index in [4.69, 9.17) is 27.9 Å². The normalized spacial score (nSPS) is 12.4. The number of benzene rings is 4.